The van der Waals surface area contributed by atoms with E-state index in [2.05, 4.69) is 49.5 Å². The standard InChI is InChI=1S/C22H35N5O2/c1-7-23-22(25-16(2)13-21-17(3)26-27(5)18(21)4)24-15-19-9-8-10-20(14-19)29-12-11-28-6/h8-10,14,16H,7,11-13,15H2,1-6H3,(H2,23,24,25). The molecule has 0 aliphatic carbocycles. The average Bonchev–Trinajstić information content (AvgIpc) is 2.93. The molecule has 0 saturated carbocycles. The third kappa shape index (κ3) is 7.09. The quantitative estimate of drug-likeness (QED) is 0.364. The van der Waals surface area contributed by atoms with Gasteiger partial charge in [0.05, 0.1) is 18.8 Å². The number of aromatic nitrogens is 2. The van der Waals surface area contributed by atoms with Crippen LogP contribution in [-0.4, -0.2) is 48.7 Å². The van der Waals surface area contributed by atoms with E-state index in [4.69, 9.17) is 14.5 Å². The minimum atomic E-state index is 0.234. The molecule has 0 aliphatic heterocycles. The fraction of sp³-hybridized carbons (Fsp3) is 0.545. The van der Waals surface area contributed by atoms with Gasteiger partial charge in [-0.25, -0.2) is 4.99 Å². The van der Waals surface area contributed by atoms with Crippen LogP contribution in [0.1, 0.15) is 36.4 Å². The Kier molecular flexibility index (Phi) is 8.99. The fourth-order valence-corrected chi connectivity index (χ4v) is 3.17. The van der Waals surface area contributed by atoms with Gasteiger partial charge in [-0.1, -0.05) is 12.1 Å². The van der Waals surface area contributed by atoms with Crippen LogP contribution in [0.3, 0.4) is 0 Å². The predicted molar refractivity (Wildman–Crippen MR) is 118 cm³/mol. The minimum absolute atomic E-state index is 0.234. The molecule has 0 bridgehead atoms. The second kappa shape index (κ2) is 11.5. The summed E-state index contributed by atoms with van der Waals surface area (Å²) in [5.41, 5.74) is 4.70. The molecular weight excluding hydrogens is 366 g/mol. The van der Waals surface area contributed by atoms with Crippen LogP contribution in [0.5, 0.6) is 5.75 Å². The molecule has 7 heteroatoms. The van der Waals surface area contributed by atoms with Crippen LogP contribution in [-0.2, 0) is 24.8 Å². The average molecular weight is 402 g/mol. The highest BCUT2D eigenvalue weighted by Crippen LogP contribution is 2.15. The highest BCUT2D eigenvalue weighted by Gasteiger charge is 2.14. The lowest BCUT2D eigenvalue weighted by Gasteiger charge is -2.18. The number of benzene rings is 1. The molecule has 29 heavy (non-hydrogen) atoms. The number of hydrogen-bond acceptors (Lipinski definition) is 4. The van der Waals surface area contributed by atoms with Gasteiger partial charge in [-0.2, -0.15) is 5.10 Å². The van der Waals surface area contributed by atoms with Crippen LogP contribution in [0.2, 0.25) is 0 Å². The first-order valence-electron chi connectivity index (χ1n) is 10.2. The summed E-state index contributed by atoms with van der Waals surface area (Å²) in [6.07, 6.45) is 0.902. The van der Waals surface area contributed by atoms with E-state index < -0.39 is 0 Å². The molecule has 1 unspecified atom stereocenters. The Morgan fingerprint density at radius 1 is 1.28 bits per heavy atom. The molecule has 0 fully saturated rings. The Morgan fingerprint density at radius 3 is 2.72 bits per heavy atom. The minimum Gasteiger partial charge on any atom is -0.491 e. The summed E-state index contributed by atoms with van der Waals surface area (Å²) >= 11 is 0. The zero-order chi connectivity index (χ0) is 21.2. The molecule has 2 aromatic rings. The normalized spacial score (nSPS) is 12.7. The molecule has 1 atom stereocenters. The number of ether oxygens (including phenoxy) is 2. The van der Waals surface area contributed by atoms with Gasteiger partial charge >= 0.3 is 0 Å². The SMILES string of the molecule is CCNC(=NCc1cccc(OCCOC)c1)NC(C)Cc1c(C)nn(C)c1C. The van der Waals surface area contributed by atoms with E-state index in [1.54, 1.807) is 7.11 Å². The Balaban J connectivity index is 1.99. The van der Waals surface area contributed by atoms with Crippen molar-refractivity contribution in [3.05, 3.63) is 46.8 Å². The van der Waals surface area contributed by atoms with Crippen molar-refractivity contribution in [3.63, 3.8) is 0 Å². The van der Waals surface area contributed by atoms with Crippen molar-refractivity contribution in [2.45, 2.75) is 46.7 Å². The molecule has 0 spiro atoms. The van der Waals surface area contributed by atoms with Gasteiger partial charge in [-0.05, 0) is 57.4 Å². The lowest BCUT2D eigenvalue weighted by atomic mass is 10.1. The second-order valence-corrected chi connectivity index (χ2v) is 7.21. The van der Waals surface area contributed by atoms with E-state index in [1.165, 1.54) is 11.3 Å². The van der Waals surface area contributed by atoms with Gasteiger partial charge in [0.1, 0.15) is 12.4 Å². The highest BCUT2D eigenvalue weighted by atomic mass is 16.5. The lowest BCUT2D eigenvalue weighted by molar-refractivity contribution is 0.146. The van der Waals surface area contributed by atoms with E-state index in [0.717, 1.165) is 35.9 Å². The third-order valence-corrected chi connectivity index (χ3v) is 4.77. The van der Waals surface area contributed by atoms with Gasteiger partial charge in [0.25, 0.3) is 0 Å². The molecule has 0 radical (unpaired) electrons. The molecule has 2 N–H and O–H groups in total. The first-order chi connectivity index (χ1) is 13.9. The van der Waals surface area contributed by atoms with Crippen molar-refractivity contribution in [3.8, 4) is 5.75 Å². The van der Waals surface area contributed by atoms with Crippen LogP contribution in [0, 0.1) is 13.8 Å². The van der Waals surface area contributed by atoms with E-state index in [0.29, 0.717) is 19.8 Å². The lowest BCUT2D eigenvalue weighted by Crippen LogP contribution is -2.43. The zero-order valence-corrected chi connectivity index (χ0v) is 18.6. The summed E-state index contributed by atoms with van der Waals surface area (Å²) in [7, 11) is 3.66. The second-order valence-electron chi connectivity index (χ2n) is 7.21. The maximum absolute atomic E-state index is 5.68. The summed E-state index contributed by atoms with van der Waals surface area (Å²) in [5.74, 6) is 1.65. The number of nitrogens with zero attached hydrogens (tertiary/aromatic N) is 3. The van der Waals surface area contributed by atoms with Gasteiger partial charge < -0.3 is 20.1 Å². The van der Waals surface area contributed by atoms with Crippen molar-refractivity contribution in [2.24, 2.45) is 12.0 Å². The highest BCUT2D eigenvalue weighted by molar-refractivity contribution is 5.80. The summed E-state index contributed by atoms with van der Waals surface area (Å²) < 4.78 is 12.7. The maximum atomic E-state index is 5.68. The first kappa shape index (κ1) is 22.7. The molecule has 0 aliphatic rings. The topological polar surface area (TPSA) is 72.7 Å². The summed E-state index contributed by atoms with van der Waals surface area (Å²) in [5, 5.41) is 11.4. The maximum Gasteiger partial charge on any atom is 0.191 e. The monoisotopic (exact) mass is 401 g/mol. The van der Waals surface area contributed by atoms with E-state index in [-0.39, 0.29) is 6.04 Å². The fourth-order valence-electron chi connectivity index (χ4n) is 3.17. The zero-order valence-electron chi connectivity index (χ0n) is 18.6. The Hall–Kier alpha value is -2.54. The summed E-state index contributed by atoms with van der Waals surface area (Å²) in [4.78, 5) is 4.75. The molecular formula is C22H35N5O2. The van der Waals surface area contributed by atoms with Crippen molar-refractivity contribution < 1.29 is 9.47 Å². The number of guanidine groups is 1. The molecule has 7 nitrogen and oxygen atoms in total. The van der Waals surface area contributed by atoms with Crippen LogP contribution in [0.25, 0.3) is 0 Å². The number of methoxy groups -OCH3 is 1. The van der Waals surface area contributed by atoms with E-state index in [1.807, 2.05) is 29.9 Å². The molecule has 0 amide bonds. The van der Waals surface area contributed by atoms with Crippen LogP contribution in [0.4, 0.5) is 0 Å². The first-order valence-corrected chi connectivity index (χ1v) is 10.2. The number of aryl methyl sites for hydroxylation is 2. The molecule has 0 saturated heterocycles. The van der Waals surface area contributed by atoms with Crippen LogP contribution < -0.4 is 15.4 Å². The largest absolute Gasteiger partial charge is 0.491 e. The third-order valence-electron chi connectivity index (χ3n) is 4.77. The molecule has 160 valence electrons. The van der Waals surface area contributed by atoms with Crippen molar-refractivity contribution in [1.29, 1.82) is 0 Å². The van der Waals surface area contributed by atoms with Crippen LogP contribution in [0.15, 0.2) is 29.3 Å². The molecule has 1 aromatic carbocycles. The summed E-state index contributed by atoms with van der Waals surface area (Å²) in [6, 6.07) is 8.26. The van der Waals surface area contributed by atoms with E-state index >= 15 is 0 Å². The van der Waals surface area contributed by atoms with Gasteiger partial charge in [0.2, 0.25) is 0 Å². The van der Waals surface area contributed by atoms with Gasteiger partial charge in [0, 0.05) is 32.4 Å². The smallest absolute Gasteiger partial charge is 0.191 e. The van der Waals surface area contributed by atoms with E-state index in [9.17, 15) is 0 Å². The number of aliphatic imine (C=N–C) groups is 1. The molecule has 1 heterocycles. The number of hydrogen-bond donors (Lipinski definition) is 2. The van der Waals surface area contributed by atoms with Gasteiger partial charge in [-0.3, -0.25) is 4.68 Å². The predicted octanol–water partition coefficient (Wildman–Crippen LogP) is 2.75. The van der Waals surface area contributed by atoms with Crippen molar-refractivity contribution >= 4 is 5.96 Å². The summed E-state index contributed by atoms with van der Waals surface area (Å²) in [6.45, 7) is 10.9. The van der Waals surface area contributed by atoms with Crippen molar-refractivity contribution in [1.82, 2.24) is 20.4 Å². The molecule has 2 rings (SSSR count). The Bertz CT molecular complexity index is 800. The van der Waals surface area contributed by atoms with Gasteiger partial charge in [0.15, 0.2) is 5.96 Å². The number of rotatable bonds is 10. The Labute approximate surface area is 174 Å². The Morgan fingerprint density at radius 2 is 2.07 bits per heavy atom. The van der Waals surface area contributed by atoms with Gasteiger partial charge in [-0.15, -0.1) is 0 Å². The van der Waals surface area contributed by atoms with Crippen molar-refractivity contribution in [2.75, 3.05) is 26.9 Å². The van der Waals surface area contributed by atoms with Crippen LogP contribution >= 0.6 is 0 Å². The number of nitrogens with one attached hydrogen (secondary N) is 2. The molecule has 1 aromatic heterocycles.